The van der Waals surface area contributed by atoms with E-state index in [4.69, 9.17) is 0 Å². The van der Waals surface area contributed by atoms with Gasteiger partial charge in [0.25, 0.3) is 5.91 Å². The minimum Gasteiger partial charge on any atom is -0.328 e. The van der Waals surface area contributed by atoms with E-state index in [1.165, 1.54) is 30.6 Å². The molecule has 2 aromatic carbocycles. The van der Waals surface area contributed by atoms with E-state index in [9.17, 15) is 14.0 Å². The van der Waals surface area contributed by atoms with Crippen LogP contribution in [-0.4, -0.2) is 21.4 Å². The number of para-hydroxylation sites is 1. The predicted molar refractivity (Wildman–Crippen MR) is 91.7 cm³/mol. The molecule has 2 amide bonds. The Balaban J connectivity index is 1.72. The summed E-state index contributed by atoms with van der Waals surface area (Å²) in [5, 5.41) is 5.39. The van der Waals surface area contributed by atoms with Crippen molar-refractivity contribution in [3.63, 3.8) is 0 Å². The van der Waals surface area contributed by atoms with Crippen LogP contribution < -0.4 is 10.6 Å². The first-order valence-corrected chi connectivity index (χ1v) is 7.53. The van der Waals surface area contributed by atoms with Crippen LogP contribution in [0.1, 0.15) is 10.4 Å². The summed E-state index contributed by atoms with van der Waals surface area (Å²) in [5.74, 6) is -1.06. The lowest BCUT2D eigenvalue weighted by molar-refractivity contribution is -0.116. The maximum absolute atomic E-state index is 12.9. The second kappa shape index (κ2) is 7.39. The van der Waals surface area contributed by atoms with Gasteiger partial charge in [0, 0.05) is 18.1 Å². The number of hydrogen-bond donors (Lipinski definition) is 2. The Morgan fingerprint density at radius 1 is 1.04 bits per heavy atom. The van der Waals surface area contributed by atoms with Gasteiger partial charge in [-0.05, 0) is 36.4 Å². The minimum atomic E-state index is -0.398. The van der Waals surface area contributed by atoms with E-state index in [0.717, 1.165) is 0 Å². The second-order valence-corrected chi connectivity index (χ2v) is 5.29. The highest BCUT2D eigenvalue weighted by atomic mass is 19.1. The third-order valence-corrected chi connectivity index (χ3v) is 3.43. The number of halogens is 1. The fraction of sp³-hybridized carbons (Fsp3) is 0.0556. The molecule has 0 fully saturated rings. The summed E-state index contributed by atoms with van der Waals surface area (Å²) in [6.07, 6.45) is 4.79. The van der Waals surface area contributed by atoms with Crippen molar-refractivity contribution in [1.82, 2.24) is 9.55 Å². The topological polar surface area (TPSA) is 76.0 Å². The summed E-state index contributed by atoms with van der Waals surface area (Å²) in [4.78, 5) is 28.4. The molecule has 6 nitrogen and oxygen atoms in total. The van der Waals surface area contributed by atoms with Gasteiger partial charge in [-0.1, -0.05) is 12.1 Å². The number of rotatable bonds is 5. The van der Waals surface area contributed by atoms with Crippen molar-refractivity contribution in [2.24, 2.45) is 0 Å². The molecule has 126 valence electrons. The van der Waals surface area contributed by atoms with Gasteiger partial charge in [0.1, 0.15) is 12.4 Å². The molecule has 1 heterocycles. The van der Waals surface area contributed by atoms with Crippen molar-refractivity contribution in [3.05, 3.63) is 78.6 Å². The van der Waals surface area contributed by atoms with Crippen molar-refractivity contribution in [3.8, 4) is 0 Å². The minimum absolute atomic E-state index is 0.0912. The quantitative estimate of drug-likeness (QED) is 0.751. The molecule has 7 heteroatoms. The van der Waals surface area contributed by atoms with Crippen molar-refractivity contribution in [1.29, 1.82) is 0 Å². The number of benzene rings is 2. The van der Waals surface area contributed by atoms with Gasteiger partial charge < -0.3 is 15.2 Å². The number of amides is 2. The van der Waals surface area contributed by atoms with Crippen LogP contribution in [0.2, 0.25) is 0 Å². The molecule has 25 heavy (non-hydrogen) atoms. The standard InChI is InChI=1S/C18H15FN4O2/c19-13-5-7-14(8-6-13)21-18(25)15-3-1-2-4-16(15)22-17(24)11-23-10-9-20-12-23/h1-10,12H,11H2,(H,21,25)(H,22,24). The molecule has 0 radical (unpaired) electrons. The van der Waals surface area contributed by atoms with Crippen LogP contribution in [0.15, 0.2) is 67.3 Å². The lowest BCUT2D eigenvalue weighted by Crippen LogP contribution is -2.21. The van der Waals surface area contributed by atoms with Crippen LogP contribution in [0.5, 0.6) is 0 Å². The molecule has 0 aliphatic carbocycles. The Bertz CT molecular complexity index is 876. The third-order valence-electron chi connectivity index (χ3n) is 3.43. The Kier molecular flexibility index (Phi) is 4.84. The lowest BCUT2D eigenvalue weighted by atomic mass is 10.1. The molecule has 0 spiro atoms. The van der Waals surface area contributed by atoms with E-state index in [-0.39, 0.29) is 18.3 Å². The Labute approximate surface area is 143 Å². The zero-order valence-electron chi connectivity index (χ0n) is 13.1. The van der Waals surface area contributed by atoms with E-state index in [0.29, 0.717) is 16.9 Å². The zero-order chi connectivity index (χ0) is 17.6. The van der Waals surface area contributed by atoms with Gasteiger partial charge in [0.15, 0.2) is 0 Å². The van der Waals surface area contributed by atoms with Gasteiger partial charge in [-0.15, -0.1) is 0 Å². The van der Waals surface area contributed by atoms with Crippen molar-refractivity contribution >= 4 is 23.2 Å². The summed E-state index contributed by atoms with van der Waals surface area (Å²) < 4.78 is 14.6. The highest BCUT2D eigenvalue weighted by Crippen LogP contribution is 2.18. The number of anilines is 2. The lowest BCUT2D eigenvalue weighted by Gasteiger charge is -2.11. The van der Waals surface area contributed by atoms with Gasteiger partial charge in [-0.3, -0.25) is 9.59 Å². The number of hydrogen-bond acceptors (Lipinski definition) is 3. The number of aromatic nitrogens is 2. The first-order chi connectivity index (χ1) is 12.1. The number of imidazole rings is 1. The molecule has 3 aromatic rings. The Morgan fingerprint density at radius 2 is 1.80 bits per heavy atom. The van der Waals surface area contributed by atoms with E-state index in [1.54, 1.807) is 41.2 Å². The van der Waals surface area contributed by atoms with Gasteiger partial charge >= 0.3 is 0 Å². The van der Waals surface area contributed by atoms with E-state index < -0.39 is 5.91 Å². The molecule has 3 rings (SSSR count). The van der Waals surface area contributed by atoms with Crippen LogP contribution >= 0.6 is 0 Å². The predicted octanol–water partition coefficient (Wildman–Crippen LogP) is 2.91. The van der Waals surface area contributed by atoms with Gasteiger partial charge in [-0.25, -0.2) is 9.37 Å². The molecule has 2 N–H and O–H groups in total. The van der Waals surface area contributed by atoms with Crippen molar-refractivity contribution in [2.45, 2.75) is 6.54 Å². The highest BCUT2D eigenvalue weighted by Gasteiger charge is 2.13. The third kappa shape index (κ3) is 4.29. The van der Waals surface area contributed by atoms with Gasteiger partial charge in [0.2, 0.25) is 5.91 Å². The average molecular weight is 338 g/mol. The monoisotopic (exact) mass is 338 g/mol. The molecule has 0 bridgehead atoms. The average Bonchev–Trinajstić information content (AvgIpc) is 3.10. The molecule has 0 saturated heterocycles. The summed E-state index contributed by atoms with van der Waals surface area (Å²) in [5.41, 5.74) is 1.17. The number of nitrogens with zero attached hydrogens (tertiary/aromatic N) is 2. The molecule has 0 aliphatic rings. The number of carbonyl (C=O) groups excluding carboxylic acids is 2. The van der Waals surface area contributed by atoms with Crippen LogP contribution in [0.3, 0.4) is 0 Å². The van der Waals surface area contributed by atoms with E-state index >= 15 is 0 Å². The van der Waals surface area contributed by atoms with Crippen LogP contribution in [0.4, 0.5) is 15.8 Å². The molecular weight excluding hydrogens is 323 g/mol. The van der Waals surface area contributed by atoms with Crippen molar-refractivity contribution < 1.29 is 14.0 Å². The molecule has 0 saturated carbocycles. The van der Waals surface area contributed by atoms with Gasteiger partial charge in [-0.2, -0.15) is 0 Å². The largest absolute Gasteiger partial charge is 0.328 e. The highest BCUT2D eigenvalue weighted by molar-refractivity contribution is 6.10. The number of nitrogens with one attached hydrogen (secondary N) is 2. The van der Waals surface area contributed by atoms with Crippen LogP contribution in [0.25, 0.3) is 0 Å². The van der Waals surface area contributed by atoms with Crippen LogP contribution in [0, 0.1) is 5.82 Å². The first kappa shape index (κ1) is 16.4. The molecule has 0 atom stereocenters. The van der Waals surface area contributed by atoms with Crippen molar-refractivity contribution in [2.75, 3.05) is 10.6 Å². The van der Waals surface area contributed by atoms with Crippen LogP contribution in [-0.2, 0) is 11.3 Å². The van der Waals surface area contributed by atoms with Gasteiger partial charge in [0.05, 0.1) is 17.6 Å². The SMILES string of the molecule is O=C(Cn1ccnc1)Nc1ccccc1C(=O)Nc1ccc(F)cc1. The van der Waals surface area contributed by atoms with E-state index in [1.807, 2.05) is 0 Å². The Hall–Kier alpha value is -3.48. The summed E-state index contributed by atoms with van der Waals surface area (Å²) in [6.45, 7) is 0.0912. The zero-order valence-corrected chi connectivity index (χ0v) is 13.1. The fourth-order valence-electron chi connectivity index (χ4n) is 2.26. The maximum Gasteiger partial charge on any atom is 0.257 e. The normalized spacial score (nSPS) is 10.3. The summed E-state index contributed by atoms with van der Waals surface area (Å²) >= 11 is 0. The molecule has 0 aliphatic heterocycles. The van der Waals surface area contributed by atoms with E-state index in [2.05, 4.69) is 15.6 Å². The summed E-state index contributed by atoms with van der Waals surface area (Å²) in [7, 11) is 0. The summed E-state index contributed by atoms with van der Waals surface area (Å²) in [6, 6.07) is 12.1. The molecular formula is C18H15FN4O2. The first-order valence-electron chi connectivity index (χ1n) is 7.53. The fourth-order valence-corrected chi connectivity index (χ4v) is 2.26. The molecule has 0 unspecified atom stereocenters. The molecule has 1 aromatic heterocycles. The smallest absolute Gasteiger partial charge is 0.257 e. The maximum atomic E-state index is 12.9. The number of carbonyl (C=O) groups is 2. The Morgan fingerprint density at radius 3 is 2.52 bits per heavy atom. The second-order valence-electron chi connectivity index (χ2n) is 5.29.